The lowest BCUT2D eigenvalue weighted by atomic mass is 10.2. The molecule has 14 heavy (non-hydrogen) atoms. The molecule has 2 nitrogen and oxygen atoms in total. The molecule has 1 aromatic carbocycles. The van der Waals surface area contributed by atoms with Gasteiger partial charge in [0.05, 0.1) is 0 Å². The van der Waals surface area contributed by atoms with Crippen molar-refractivity contribution >= 4 is 0 Å². The molecule has 0 heterocycles. The van der Waals surface area contributed by atoms with Crippen LogP contribution in [-0.4, -0.2) is 22.9 Å². The summed E-state index contributed by atoms with van der Waals surface area (Å²) >= 11 is 0. The van der Waals surface area contributed by atoms with E-state index in [1.165, 1.54) is 0 Å². The van der Waals surface area contributed by atoms with Crippen molar-refractivity contribution in [3.63, 3.8) is 0 Å². The highest BCUT2D eigenvalue weighted by Gasteiger charge is 1.96. The van der Waals surface area contributed by atoms with Crippen LogP contribution in [0.2, 0.25) is 0 Å². The van der Waals surface area contributed by atoms with E-state index in [1.807, 2.05) is 30.3 Å². The summed E-state index contributed by atoms with van der Waals surface area (Å²) in [5.74, 6) is 5.60. The monoisotopic (exact) mass is 190 g/mol. The Labute approximate surface area is 84.2 Å². The van der Waals surface area contributed by atoms with Crippen LogP contribution in [0.5, 0.6) is 0 Å². The number of hydrogen-bond acceptors (Lipinski definition) is 2. The van der Waals surface area contributed by atoms with E-state index < -0.39 is 6.10 Å². The minimum absolute atomic E-state index is 0.101. The van der Waals surface area contributed by atoms with Crippen LogP contribution in [0.1, 0.15) is 18.4 Å². The van der Waals surface area contributed by atoms with Gasteiger partial charge in [0.1, 0.15) is 6.10 Å². The fourth-order valence-corrected chi connectivity index (χ4v) is 1.04. The van der Waals surface area contributed by atoms with E-state index in [0.29, 0.717) is 12.8 Å². The van der Waals surface area contributed by atoms with Gasteiger partial charge in [-0.1, -0.05) is 30.0 Å². The van der Waals surface area contributed by atoms with Crippen molar-refractivity contribution in [2.75, 3.05) is 6.61 Å². The Kier molecular flexibility index (Phi) is 4.77. The Morgan fingerprint density at radius 2 is 1.93 bits per heavy atom. The average Bonchev–Trinajstić information content (AvgIpc) is 2.25. The van der Waals surface area contributed by atoms with Gasteiger partial charge in [0, 0.05) is 12.2 Å². The zero-order valence-electron chi connectivity index (χ0n) is 7.98. The molecule has 0 aliphatic rings. The van der Waals surface area contributed by atoms with Crippen molar-refractivity contribution in [3.05, 3.63) is 35.9 Å². The Morgan fingerprint density at radius 1 is 1.21 bits per heavy atom. The predicted molar refractivity (Wildman–Crippen MR) is 55.6 cm³/mol. The van der Waals surface area contributed by atoms with Crippen molar-refractivity contribution in [1.82, 2.24) is 0 Å². The third-order valence-electron chi connectivity index (χ3n) is 1.79. The zero-order chi connectivity index (χ0) is 10.2. The highest BCUT2D eigenvalue weighted by Crippen LogP contribution is 1.97. The van der Waals surface area contributed by atoms with Crippen molar-refractivity contribution in [3.8, 4) is 11.8 Å². The van der Waals surface area contributed by atoms with Crippen LogP contribution in [0.3, 0.4) is 0 Å². The number of benzene rings is 1. The molecule has 0 saturated heterocycles. The maximum Gasteiger partial charge on any atom is 0.115 e. The molecule has 1 atom stereocenters. The maximum absolute atomic E-state index is 9.36. The highest BCUT2D eigenvalue weighted by molar-refractivity contribution is 5.34. The largest absolute Gasteiger partial charge is 0.396 e. The first-order chi connectivity index (χ1) is 6.83. The standard InChI is InChI=1S/C12H14O2/c13-10-4-7-12(14)9-8-11-5-2-1-3-6-11/h1-3,5-6,12-14H,4,7,10H2. The van der Waals surface area contributed by atoms with Crippen molar-refractivity contribution in [2.24, 2.45) is 0 Å². The molecule has 1 unspecified atom stereocenters. The lowest BCUT2D eigenvalue weighted by Crippen LogP contribution is -2.03. The quantitative estimate of drug-likeness (QED) is 0.702. The minimum Gasteiger partial charge on any atom is -0.396 e. The van der Waals surface area contributed by atoms with Gasteiger partial charge in [0.2, 0.25) is 0 Å². The van der Waals surface area contributed by atoms with Crippen LogP contribution in [0.25, 0.3) is 0 Å². The Hall–Kier alpha value is -1.30. The summed E-state index contributed by atoms with van der Waals surface area (Å²) in [6.07, 6.45) is 0.475. The molecule has 0 saturated carbocycles. The van der Waals surface area contributed by atoms with Crippen molar-refractivity contribution in [2.45, 2.75) is 18.9 Å². The summed E-state index contributed by atoms with van der Waals surface area (Å²) in [4.78, 5) is 0. The Bertz CT molecular complexity index is 308. The molecule has 0 amide bonds. The van der Waals surface area contributed by atoms with Gasteiger partial charge < -0.3 is 10.2 Å². The SMILES string of the molecule is OCCCC(O)C#Cc1ccccc1. The Balaban J connectivity index is 2.47. The van der Waals surface area contributed by atoms with Crippen molar-refractivity contribution in [1.29, 1.82) is 0 Å². The lowest BCUT2D eigenvalue weighted by molar-refractivity contribution is 0.197. The molecule has 0 radical (unpaired) electrons. The summed E-state index contributed by atoms with van der Waals surface area (Å²) < 4.78 is 0. The van der Waals surface area contributed by atoms with Crippen LogP contribution in [-0.2, 0) is 0 Å². The normalized spacial score (nSPS) is 11.6. The molecule has 0 bridgehead atoms. The first kappa shape index (κ1) is 10.8. The molecule has 2 N–H and O–H groups in total. The van der Waals surface area contributed by atoms with Gasteiger partial charge in [0.15, 0.2) is 0 Å². The van der Waals surface area contributed by atoms with E-state index in [-0.39, 0.29) is 6.61 Å². The van der Waals surface area contributed by atoms with Gasteiger partial charge in [-0.15, -0.1) is 0 Å². The van der Waals surface area contributed by atoms with Crippen molar-refractivity contribution < 1.29 is 10.2 Å². The van der Waals surface area contributed by atoms with Crippen LogP contribution in [0, 0.1) is 11.8 Å². The van der Waals surface area contributed by atoms with Gasteiger partial charge in [-0.05, 0) is 25.0 Å². The van der Waals surface area contributed by atoms with Gasteiger partial charge >= 0.3 is 0 Å². The molecule has 2 heteroatoms. The molecule has 0 aliphatic heterocycles. The zero-order valence-corrected chi connectivity index (χ0v) is 7.98. The lowest BCUT2D eigenvalue weighted by Gasteiger charge is -1.99. The number of rotatable bonds is 3. The molecule has 1 aromatic rings. The predicted octanol–water partition coefficient (Wildman–Crippen LogP) is 1.17. The van der Waals surface area contributed by atoms with E-state index in [4.69, 9.17) is 5.11 Å². The van der Waals surface area contributed by atoms with E-state index in [1.54, 1.807) is 0 Å². The minimum atomic E-state index is -0.637. The van der Waals surface area contributed by atoms with Gasteiger partial charge in [-0.2, -0.15) is 0 Å². The van der Waals surface area contributed by atoms with E-state index in [2.05, 4.69) is 11.8 Å². The fourth-order valence-electron chi connectivity index (χ4n) is 1.04. The second-order valence-electron chi connectivity index (χ2n) is 3.02. The van der Waals surface area contributed by atoms with Gasteiger partial charge in [-0.3, -0.25) is 0 Å². The topological polar surface area (TPSA) is 40.5 Å². The third kappa shape index (κ3) is 4.08. The molecule has 1 rings (SSSR count). The number of hydrogen-bond donors (Lipinski definition) is 2. The van der Waals surface area contributed by atoms with Gasteiger partial charge in [0.25, 0.3) is 0 Å². The number of aliphatic hydroxyl groups excluding tert-OH is 2. The summed E-state index contributed by atoms with van der Waals surface area (Å²) in [6, 6.07) is 9.53. The summed E-state index contributed by atoms with van der Waals surface area (Å²) in [5.41, 5.74) is 0.899. The maximum atomic E-state index is 9.36. The molecular formula is C12H14O2. The van der Waals surface area contributed by atoms with Crippen LogP contribution >= 0.6 is 0 Å². The van der Waals surface area contributed by atoms with E-state index >= 15 is 0 Å². The fraction of sp³-hybridized carbons (Fsp3) is 0.333. The second-order valence-corrected chi connectivity index (χ2v) is 3.02. The third-order valence-corrected chi connectivity index (χ3v) is 1.79. The van der Waals surface area contributed by atoms with Gasteiger partial charge in [-0.25, -0.2) is 0 Å². The van der Waals surface area contributed by atoms with Crippen LogP contribution < -0.4 is 0 Å². The number of aliphatic hydroxyl groups is 2. The first-order valence-electron chi connectivity index (χ1n) is 4.68. The first-order valence-corrected chi connectivity index (χ1v) is 4.68. The summed E-state index contributed by atoms with van der Waals surface area (Å²) in [6.45, 7) is 0.101. The smallest absolute Gasteiger partial charge is 0.115 e. The highest BCUT2D eigenvalue weighted by atomic mass is 16.3. The molecule has 0 fully saturated rings. The second kappa shape index (κ2) is 6.20. The van der Waals surface area contributed by atoms with Crippen LogP contribution in [0.15, 0.2) is 30.3 Å². The summed E-state index contributed by atoms with van der Waals surface area (Å²) in [5, 5.41) is 17.9. The average molecular weight is 190 g/mol. The van der Waals surface area contributed by atoms with E-state index in [9.17, 15) is 5.11 Å². The van der Waals surface area contributed by atoms with E-state index in [0.717, 1.165) is 5.56 Å². The molecule has 0 spiro atoms. The molecule has 0 aromatic heterocycles. The molecule has 0 aliphatic carbocycles. The van der Waals surface area contributed by atoms with Crippen LogP contribution in [0.4, 0.5) is 0 Å². The Morgan fingerprint density at radius 3 is 2.57 bits per heavy atom. The molecule has 74 valence electrons. The molecular weight excluding hydrogens is 176 g/mol. The summed E-state index contributed by atoms with van der Waals surface area (Å²) in [7, 11) is 0.